The van der Waals surface area contributed by atoms with E-state index in [4.69, 9.17) is 0 Å². The first-order chi connectivity index (χ1) is 4.84. The Balaban J connectivity index is 2.84. The zero-order valence-corrected chi connectivity index (χ0v) is 5.57. The van der Waals surface area contributed by atoms with Gasteiger partial charge in [-0.1, -0.05) is 12.6 Å². The third kappa shape index (κ3) is 1.41. The van der Waals surface area contributed by atoms with Crippen molar-refractivity contribution in [2.45, 2.75) is 6.30 Å². The molecule has 1 rings (SSSR count). The van der Waals surface area contributed by atoms with E-state index in [2.05, 4.69) is 6.58 Å². The summed E-state index contributed by atoms with van der Waals surface area (Å²) in [6, 6.07) is 5.39. The van der Waals surface area contributed by atoms with Crippen molar-refractivity contribution in [1.29, 1.82) is 0 Å². The van der Waals surface area contributed by atoms with Crippen LogP contribution in [0.5, 0.6) is 0 Å². The van der Waals surface area contributed by atoms with Crippen LogP contribution >= 0.6 is 0 Å². The smallest absolute Gasteiger partial charge is 0.170 e. The Morgan fingerprint density at radius 2 is 1.90 bits per heavy atom. The number of hydrogen-bond donors (Lipinski definition) is 0. The van der Waals surface area contributed by atoms with E-state index in [0.717, 1.165) is 0 Å². The number of alkyl halides is 1. The predicted octanol–water partition coefficient (Wildman–Crippen LogP) is 1.63. The van der Waals surface area contributed by atoms with Crippen LogP contribution in [0.4, 0.5) is 4.39 Å². The zero-order chi connectivity index (χ0) is 7.40. The maximum absolute atomic E-state index is 12.7. The molecule has 0 bridgehead atoms. The summed E-state index contributed by atoms with van der Waals surface area (Å²) in [4.78, 5) is 0. The second kappa shape index (κ2) is 3.11. The van der Waals surface area contributed by atoms with Gasteiger partial charge in [0.1, 0.15) is 0 Å². The molecule has 1 aromatic rings. The number of allylic oxidation sites excluding steroid dienone is 1. The van der Waals surface area contributed by atoms with Crippen molar-refractivity contribution in [2.24, 2.45) is 0 Å². The second-order valence-corrected chi connectivity index (χ2v) is 1.93. The van der Waals surface area contributed by atoms with Gasteiger partial charge >= 0.3 is 6.30 Å². The molecule has 52 valence electrons. The number of rotatable bonds is 2. The van der Waals surface area contributed by atoms with Crippen molar-refractivity contribution in [3.63, 3.8) is 0 Å². The number of nitrogens with zero attached hydrogens (tertiary/aromatic N) is 1. The Hall–Kier alpha value is -1.18. The average Bonchev–Trinajstić information content (AvgIpc) is 2.05. The summed E-state index contributed by atoms with van der Waals surface area (Å²) in [7, 11) is 0. The van der Waals surface area contributed by atoms with Gasteiger partial charge in [-0.2, -0.15) is 8.96 Å². The molecule has 0 fully saturated rings. The minimum absolute atomic E-state index is 1.11. The fraction of sp³-hybridized carbons (Fsp3) is 0.125. The summed E-state index contributed by atoms with van der Waals surface area (Å²) >= 11 is 0. The SMILES string of the molecule is C=CC(F)[n+]1ccccc1. The summed E-state index contributed by atoms with van der Waals surface area (Å²) in [5, 5.41) is 0. The van der Waals surface area contributed by atoms with Gasteiger partial charge in [0.25, 0.3) is 0 Å². The van der Waals surface area contributed by atoms with E-state index in [0.29, 0.717) is 0 Å². The number of aromatic nitrogens is 1. The fourth-order valence-corrected chi connectivity index (χ4v) is 0.698. The lowest BCUT2D eigenvalue weighted by atomic mass is 10.4. The minimum Gasteiger partial charge on any atom is -0.170 e. The van der Waals surface area contributed by atoms with Crippen molar-refractivity contribution < 1.29 is 8.96 Å². The van der Waals surface area contributed by atoms with Gasteiger partial charge in [-0.15, -0.1) is 0 Å². The van der Waals surface area contributed by atoms with Crippen LogP contribution in [-0.4, -0.2) is 0 Å². The number of pyridine rings is 1. The Bertz CT molecular complexity index is 208. The summed E-state index contributed by atoms with van der Waals surface area (Å²) in [6.45, 7) is 3.34. The Labute approximate surface area is 59.4 Å². The van der Waals surface area contributed by atoms with Crippen LogP contribution in [0, 0.1) is 0 Å². The van der Waals surface area contributed by atoms with Gasteiger partial charge in [-0.25, -0.2) is 0 Å². The molecule has 0 spiro atoms. The number of halogens is 1. The van der Waals surface area contributed by atoms with Crippen molar-refractivity contribution in [3.05, 3.63) is 43.2 Å². The van der Waals surface area contributed by atoms with Gasteiger partial charge in [0.2, 0.25) is 0 Å². The lowest BCUT2D eigenvalue weighted by molar-refractivity contribution is -0.735. The van der Waals surface area contributed by atoms with E-state index in [9.17, 15) is 4.39 Å². The lowest BCUT2D eigenvalue weighted by Crippen LogP contribution is -2.34. The molecule has 0 aromatic carbocycles. The first kappa shape index (κ1) is 6.93. The molecule has 2 heteroatoms. The molecule has 1 aromatic heterocycles. The van der Waals surface area contributed by atoms with Gasteiger partial charge < -0.3 is 0 Å². The quantitative estimate of drug-likeness (QED) is 0.432. The second-order valence-electron chi connectivity index (χ2n) is 1.93. The van der Waals surface area contributed by atoms with E-state index < -0.39 is 6.30 Å². The number of hydrogen-bond acceptors (Lipinski definition) is 0. The highest BCUT2D eigenvalue weighted by atomic mass is 19.1. The highest BCUT2D eigenvalue weighted by Crippen LogP contribution is 1.96. The highest BCUT2D eigenvalue weighted by Gasteiger charge is 2.08. The first-order valence-electron chi connectivity index (χ1n) is 3.07. The van der Waals surface area contributed by atoms with Crippen molar-refractivity contribution >= 4 is 0 Å². The van der Waals surface area contributed by atoms with Crippen LogP contribution < -0.4 is 4.57 Å². The molecular weight excluding hydrogens is 129 g/mol. The summed E-state index contributed by atoms with van der Waals surface area (Å²) < 4.78 is 14.1. The van der Waals surface area contributed by atoms with Crippen LogP contribution in [-0.2, 0) is 0 Å². The summed E-state index contributed by atoms with van der Waals surface area (Å²) in [5.74, 6) is 0. The third-order valence-corrected chi connectivity index (χ3v) is 1.22. The molecule has 1 atom stereocenters. The predicted molar refractivity (Wildman–Crippen MR) is 37.0 cm³/mol. The summed E-state index contributed by atoms with van der Waals surface area (Å²) in [6.07, 6.45) is 3.46. The van der Waals surface area contributed by atoms with Crippen LogP contribution in [0.15, 0.2) is 43.2 Å². The average molecular weight is 138 g/mol. The molecule has 1 unspecified atom stereocenters. The normalized spacial score (nSPS) is 12.5. The molecular formula is C8H9FN+. The monoisotopic (exact) mass is 138 g/mol. The summed E-state index contributed by atoms with van der Waals surface area (Å²) in [5.41, 5.74) is 0. The van der Waals surface area contributed by atoms with E-state index in [1.807, 2.05) is 6.07 Å². The largest absolute Gasteiger partial charge is 0.318 e. The molecule has 0 aliphatic carbocycles. The van der Waals surface area contributed by atoms with Crippen LogP contribution in [0.1, 0.15) is 6.30 Å². The van der Waals surface area contributed by atoms with E-state index in [1.165, 1.54) is 10.6 Å². The Kier molecular flexibility index (Phi) is 2.15. The van der Waals surface area contributed by atoms with Crippen LogP contribution in [0.25, 0.3) is 0 Å². The van der Waals surface area contributed by atoms with E-state index >= 15 is 0 Å². The van der Waals surface area contributed by atoms with Crippen LogP contribution in [0.3, 0.4) is 0 Å². The topological polar surface area (TPSA) is 3.88 Å². The molecule has 1 nitrogen and oxygen atoms in total. The molecule has 0 aliphatic heterocycles. The van der Waals surface area contributed by atoms with Gasteiger partial charge in [0, 0.05) is 18.2 Å². The van der Waals surface area contributed by atoms with Crippen molar-refractivity contribution in [2.75, 3.05) is 0 Å². The van der Waals surface area contributed by atoms with Crippen molar-refractivity contribution in [3.8, 4) is 0 Å². The molecule has 0 saturated heterocycles. The van der Waals surface area contributed by atoms with E-state index in [1.54, 1.807) is 24.5 Å². The Morgan fingerprint density at radius 3 is 2.40 bits per heavy atom. The van der Waals surface area contributed by atoms with Gasteiger partial charge in [0.05, 0.1) is 0 Å². The Morgan fingerprint density at radius 1 is 1.30 bits per heavy atom. The minimum atomic E-state index is -1.11. The first-order valence-corrected chi connectivity index (χ1v) is 3.07. The maximum atomic E-state index is 12.7. The highest BCUT2D eigenvalue weighted by molar-refractivity contribution is 4.84. The maximum Gasteiger partial charge on any atom is 0.318 e. The molecule has 10 heavy (non-hydrogen) atoms. The van der Waals surface area contributed by atoms with Gasteiger partial charge in [-0.3, -0.25) is 0 Å². The molecule has 0 amide bonds. The molecule has 0 radical (unpaired) electrons. The van der Waals surface area contributed by atoms with Crippen LogP contribution in [0.2, 0.25) is 0 Å². The van der Waals surface area contributed by atoms with Crippen molar-refractivity contribution in [1.82, 2.24) is 0 Å². The standard InChI is InChI=1S/C8H9FN/c1-2-8(9)10-6-4-3-5-7-10/h2-8H,1H2/q+1. The molecule has 0 N–H and O–H groups in total. The third-order valence-electron chi connectivity index (χ3n) is 1.22. The van der Waals surface area contributed by atoms with Gasteiger partial charge in [0.15, 0.2) is 12.4 Å². The fourth-order valence-electron chi connectivity index (χ4n) is 0.698. The molecule has 0 saturated carbocycles. The van der Waals surface area contributed by atoms with Gasteiger partial charge in [-0.05, 0) is 0 Å². The lowest BCUT2D eigenvalue weighted by Gasteiger charge is -1.94. The molecule has 0 aliphatic rings. The van der Waals surface area contributed by atoms with E-state index in [-0.39, 0.29) is 0 Å². The molecule has 1 heterocycles. The zero-order valence-electron chi connectivity index (χ0n) is 5.57.